The van der Waals surface area contributed by atoms with Crippen molar-refractivity contribution < 1.29 is 4.43 Å². The molecule has 13 heavy (non-hydrogen) atoms. The molecule has 1 atom stereocenters. The molecular weight excluding hydrogens is 176 g/mol. The molecule has 0 saturated heterocycles. The van der Waals surface area contributed by atoms with Gasteiger partial charge in [0.1, 0.15) is 0 Å². The van der Waals surface area contributed by atoms with Gasteiger partial charge in [0.2, 0.25) is 0 Å². The number of hydrogen-bond acceptors (Lipinski definition) is 1. The molecule has 0 aliphatic heterocycles. The zero-order valence-corrected chi connectivity index (χ0v) is 10.5. The van der Waals surface area contributed by atoms with E-state index in [2.05, 4.69) is 38.7 Å². The van der Waals surface area contributed by atoms with E-state index in [0.29, 0.717) is 5.92 Å². The molecule has 0 spiro atoms. The molecule has 0 saturated carbocycles. The van der Waals surface area contributed by atoms with Gasteiger partial charge in [-0.05, 0) is 32.5 Å². The monoisotopic (exact) mass is 198 g/mol. The highest BCUT2D eigenvalue weighted by atomic mass is 28.4. The zero-order chi connectivity index (χ0) is 10.3. The standard InChI is InChI=1S/C11H22OSi/c1-6-7-8-9-11(2)10-12-13(3,4)5/h6-9,11H,10H2,1-5H3/b7-6+,9-8+/t11-/m1/s1. The second-order valence-corrected chi connectivity index (χ2v) is 8.82. The molecular formula is C11H22OSi. The van der Waals surface area contributed by atoms with Crippen molar-refractivity contribution in [1.29, 1.82) is 0 Å². The number of hydrogen-bond donors (Lipinski definition) is 0. The van der Waals surface area contributed by atoms with Crippen LogP contribution in [0.2, 0.25) is 19.6 Å². The van der Waals surface area contributed by atoms with E-state index in [4.69, 9.17) is 4.43 Å². The van der Waals surface area contributed by atoms with Crippen molar-refractivity contribution in [2.45, 2.75) is 33.5 Å². The highest BCUT2D eigenvalue weighted by Gasteiger charge is 2.14. The second-order valence-electron chi connectivity index (χ2n) is 4.31. The fourth-order valence-corrected chi connectivity index (χ4v) is 1.56. The van der Waals surface area contributed by atoms with Gasteiger partial charge in [-0.25, -0.2) is 0 Å². The normalized spacial score (nSPS) is 15.8. The van der Waals surface area contributed by atoms with Gasteiger partial charge < -0.3 is 4.43 Å². The predicted molar refractivity (Wildman–Crippen MR) is 62.4 cm³/mol. The molecule has 0 rings (SSSR count). The molecule has 2 heteroatoms. The molecule has 0 aromatic carbocycles. The summed E-state index contributed by atoms with van der Waals surface area (Å²) in [6, 6.07) is 0. The molecule has 0 unspecified atom stereocenters. The van der Waals surface area contributed by atoms with Gasteiger partial charge in [-0.2, -0.15) is 0 Å². The summed E-state index contributed by atoms with van der Waals surface area (Å²) in [6.45, 7) is 11.7. The topological polar surface area (TPSA) is 9.23 Å². The van der Waals surface area contributed by atoms with E-state index >= 15 is 0 Å². The minimum Gasteiger partial charge on any atom is -0.417 e. The minimum absolute atomic E-state index is 0.517. The summed E-state index contributed by atoms with van der Waals surface area (Å²) in [5.41, 5.74) is 0. The Bertz CT molecular complexity index is 177. The summed E-state index contributed by atoms with van der Waals surface area (Å²) in [4.78, 5) is 0. The van der Waals surface area contributed by atoms with Gasteiger partial charge in [-0.3, -0.25) is 0 Å². The third-order valence-electron chi connectivity index (χ3n) is 1.52. The van der Waals surface area contributed by atoms with E-state index in [1.807, 2.05) is 19.1 Å². The van der Waals surface area contributed by atoms with E-state index < -0.39 is 8.32 Å². The van der Waals surface area contributed by atoms with Crippen molar-refractivity contribution in [3.05, 3.63) is 24.3 Å². The lowest BCUT2D eigenvalue weighted by atomic mass is 10.2. The van der Waals surface area contributed by atoms with Crippen LogP contribution in [0.3, 0.4) is 0 Å². The zero-order valence-electron chi connectivity index (χ0n) is 9.50. The highest BCUT2D eigenvalue weighted by Crippen LogP contribution is 2.07. The lowest BCUT2D eigenvalue weighted by molar-refractivity contribution is 0.278. The van der Waals surface area contributed by atoms with E-state index in [0.717, 1.165) is 6.61 Å². The van der Waals surface area contributed by atoms with Crippen molar-refractivity contribution in [2.75, 3.05) is 6.61 Å². The van der Waals surface area contributed by atoms with Crippen molar-refractivity contribution in [2.24, 2.45) is 5.92 Å². The first-order chi connectivity index (χ1) is 5.95. The first-order valence-corrected chi connectivity index (χ1v) is 8.30. The Morgan fingerprint density at radius 2 is 1.85 bits per heavy atom. The van der Waals surface area contributed by atoms with Gasteiger partial charge in [0.25, 0.3) is 0 Å². The van der Waals surface area contributed by atoms with Crippen molar-refractivity contribution in [1.82, 2.24) is 0 Å². The first-order valence-electron chi connectivity index (χ1n) is 4.89. The summed E-state index contributed by atoms with van der Waals surface area (Å²) in [7, 11) is -1.32. The summed E-state index contributed by atoms with van der Waals surface area (Å²) in [5, 5.41) is 0. The van der Waals surface area contributed by atoms with Crippen LogP contribution in [0.25, 0.3) is 0 Å². The Kier molecular flexibility index (Phi) is 6.00. The average Bonchev–Trinajstić information content (AvgIpc) is 2.00. The lowest BCUT2D eigenvalue weighted by Crippen LogP contribution is -2.27. The summed E-state index contributed by atoms with van der Waals surface area (Å²) in [5.74, 6) is 0.517. The highest BCUT2D eigenvalue weighted by molar-refractivity contribution is 6.69. The maximum Gasteiger partial charge on any atom is 0.183 e. The molecule has 0 radical (unpaired) electrons. The average molecular weight is 198 g/mol. The lowest BCUT2D eigenvalue weighted by Gasteiger charge is -2.18. The largest absolute Gasteiger partial charge is 0.417 e. The Morgan fingerprint density at radius 3 is 2.31 bits per heavy atom. The van der Waals surface area contributed by atoms with Gasteiger partial charge in [-0.1, -0.05) is 31.2 Å². The summed E-state index contributed by atoms with van der Waals surface area (Å²) >= 11 is 0. The predicted octanol–water partition coefficient (Wildman–Crippen LogP) is 3.61. The number of allylic oxidation sites excluding steroid dienone is 3. The van der Waals surface area contributed by atoms with Crippen LogP contribution < -0.4 is 0 Å². The third-order valence-corrected chi connectivity index (χ3v) is 2.56. The molecule has 0 N–H and O–H groups in total. The Morgan fingerprint density at radius 1 is 1.23 bits per heavy atom. The summed E-state index contributed by atoms with van der Waals surface area (Å²) in [6.07, 6.45) is 8.34. The molecule has 0 amide bonds. The molecule has 0 aromatic heterocycles. The maximum atomic E-state index is 5.79. The molecule has 0 aliphatic rings. The SMILES string of the molecule is C/C=C/C=C/[C@@H](C)CO[Si](C)(C)C. The molecule has 0 bridgehead atoms. The van der Waals surface area contributed by atoms with Crippen LogP contribution in [-0.2, 0) is 4.43 Å². The van der Waals surface area contributed by atoms with Gasteiger partial charge in [0.15, 0.2) is 8.32 Å². The van der Waals surface area contributed by atoms with Crippen LogP contribution in [0.15, 0.2) is 24.3 Å². The minimum atomic E-state index is -1.32. The molecule has 76 valence electrons. The van der Waals surface area contributed by atoms with Crippen molar-refractivity contribution in [3.8, 4) is 0 Å². The Hall–Kier alpha value is -0.343. The maximum absolute atomic E-state index is 5.79. The van der Waals surface area contributed by atoms with Gasteiger partial charge in [-0.15, -0.1) is 0 Å². The van der Waals surface area contributed by atoms with Crippen LogP contribution in [0.4, 0.5) is 0 Å². The van der Waals surface area contributed by atoms with Crippen LogP contribution in [-0.4, -0.2) is 14.9 Å². The fourth-order valence-electron chi connectivity index (χ4n) is 0.802. The first kappa shape index (κ1) is 12.7. The van der Waals surface area contributed by atoms with Crippen LogP contribution in [0.1, 0.15) is 13.8 Å². The summed E-state index contributed by atoms with van der Waals surface area (Å²) < 4.78 is 5.79. The van der Waals surface area contributed by atoms with Gasteiger partial charge in [0, 0.05) is 6.61 Å². The fraction of sp³-hybridized carbons (Fsp3) is 0.636. The van der Waals surface area contributed by atoms with E-state index in [-0.39, 0.29) is 0 Å². The quantitative estimate of drug-likeness (QED) is 0.484. The molecule has 0 aliphatic carbocycles. The van der Waals surface area contributed by atoms with E-state index in [9.17, 15) is 0 Å². The number of rotatable bonds is 5. The molecule has 1 nitrogen and oxygen atoms in total. The van der Waals surface area contributed by atoms with E-state index in [1.165, 1.54) is 0 Å². The van der Waals surface area contributed by atoms with Crippen molar-refractivity contribution in [3.63, 3.8) is 0 Å². The van der Waals surface area contributed by atoms with Crippen molar-refractivity contribution >= 4 is 8.32 Å². The molecule has 0 heterocycles. The van der Waals surface area contributed by atoms with Crippen LogP contribution in [0, 0.1) is 5.92 Å². The smallest absolute Gasteiger partial charge is 0.183 e. The molecule has 0 fully saturated rings. The van der Waals surface area contributed by atoms with Gasteiger partial charge in [0.05, 0.1) is 0 Å². The van der Waals surface area contributed by atoms with E-state index in [1.54, 1.807) is 0 Å². The van der Waals surface area contributed by atoms with Crippen LogP contribution >= 0.6 is 0 Å². The Balaban J connectivity index is 3.69. The Labute approximate surface area is 83.6 Å². The van der Waals surface area contributed by atoms with Gasteiger partial charge >= 0.3 is 0 Å². The third kappa shape index (κ3) is 9.57. The van der Waals surface area contributed by atoms with Crippen LogP contribution in [0.5, 0.6) is 0 Å². The molecule has 0 aromatic rings. The second kappa shape index (κ2) is 6.16.